The van der Waals surface area contributed by atoms with Gasteiger partial charge in [-0.3, -0.25) is 0 Å². The maximum Gasteiger partial charge on any atom is 0.123 e. The van der Waals surface area contributed by atoms with Gasteiger partial charge in [-0.25, -0.2) is 4.39 Å². The van der Waals surface area contributed by atoms with E-state index >= 15 is 0 Å². The second-order valence-electron chi connectivity index (χ2n) is 4.98. The molecule has 1 aromatic heterocycles. The highest BCUT2D eigenvalue weighted by molar-refractivity contribution is 5.84. The first-order valence-electron chi connectivity index (χ1n) is 6.46. The lowest BCUT2D eigenvalue weighted by atomic mass is 9.92. The molecule has 0 fully saturated rings. The van der Waals surface area contributed by atoms with Crippen molar-refractivity contribution in [3.8, 4) is 0 Å². The van der Waals surface area contributed by atoms with Crippen molar-refractivity contribution in [1.29, 1.82) is 0 Å². The lowest BCUT2D eigenvalue weighted by molar-refractivity contribution is 0.626. The molecular formula is C17H16FN. The predicted molar refractivity (Wildman–Crippen MR) is 76.8 cm³/mol. The van der Waals surface area contributed by atoms with E-state index < -0.39 is 0 Å². The van der Waals surface area contributed by atoms with Crippen molar-refractivity contribution < 1.29 is 4.39 Å². The van der Waals surface area contributed by atoms with E-state index in [1.807, 2.05) is 12.1 Å². The highest BCUT2D eigenvalue weighted by Gasteiger charge is 2.13. The third-order valence-corrected chi connectivity index (χ3v) is 3.77. The Morgan fingerprint density at radius 3 is 2.47 bits per heavy atom. The Labute approximate surface area is 112 Å². The molecule has 0 amide bonds. The number of rotatable bonds is 2. The second kappa shape index (κ2) is 4.54. The molecule has 0 aliphatic heterocycles. The van der Waals surface area contributed by atoms with Crippen LogP contribution in [-0.4, -0.2) is 4.57 Å². The van der Waals surface area contributed by atoms with Crippen LogP contribution in [0.25, 0.3) is 10.9 Å². The Balaban J connectivity index is 2.13. The van der Waals surface area contributed by atoms with Gasteiger partial charge in [0.05, 0.1) is 5.52 Å². The van der Waals surface area contributed by atoms with Gasteiger partial charge < -0.3 is 4.57 Å². The van der Waals surface area contributed by atoms with Gasteiger partial charge in [0.1, 0.15) is 5.82 Å². The molecule has 0 N–H and O–H groups in total. The number of hydrogen-bond acceptors (Lipinski definition) is 0. The van der Waals surface area contributed by atoms with Crippen LogP contribution in [0.2, 0.25) is 0 Å². The van der Waals surface area contributed by atoms with Crippen LogP contribution in [0.3, 0.4) is 0 Å². The molecule has 2 heteroatoms. The molecule has 3 aromatic rings. The van der Waals surface area contributed by atoms with Gasteiger partial charge in [-0.05, 0) is 34.7 Å². The fourth-order valence-electron chi connectivity index (χ4n) is 2.67. The molecule has 96 valence electrons. The summed E-state index contributed by atoms with van der Waals surface area (Å²) in [5.74, 6) is 0.0610. The first-order chi connectivity index (χ1) is 9.16. The monoisotopic (exact) mass is 253 g/mol. The Morgan fingerprint density at radius 2 is 1.74 bits per heavy atom. The maximum atomic E-state index is 13.0. The van der Waals surface area contributed by atoms with Crippen molar-refractivity contribution in [3.05, 3.63) is 71.7 Å². The molecule has 1 nitrogen and oxygen atoms in total. The molecule has 0 radical (unpaired) electrons. The summed E-state index contributed by atoms with van der Waals surface area (Å²) in [4.78, 5) is 0. The fraction of sp³-hybridized carbons (Fsp3) is 0.176. The van der Waals surface area contributed by atoms with E-state index in [4.69, 9.17) is 0 Å². The van der Waals surface area contributed by atoms with Gasteiger partial charge in [0.2, 0.25) is 0 Å². The van der Waals surface area contributed by atoms with Crippen molar-refractivity contribution in [2.45, 2.75) is 12.8 Å². The van der Waals surface area contributed by atoms with E-state index in [9.17, 15) is 4.39 Å². The lowest BCUT2D eigenvalue weighted by Crippen LogP contribution is -1.99. The molecule has 0 saturated heterocycles. The minimum atomic E-state index is -0.187. The molecular weight excluding hydrogens is 237 g/mol. The molecule has 0 spiro atoms. The van der Waals surface area contributed by atoms with Gasteiger partial charge >= 0.3 is 0 Å². The van der Waals surface area contributed by atoms with E-state index in [1.54, 1.807) is 0 Å². The maximum absolute atomic E-state index is 13.0. The molecule has 0 saturated carbocycles. The van der Waals surface area contributed by atoms with Gasteiger partial charge in [-0.1, -0.05) is 37.3 Å². The molecule has 19 heavy (non-hydrogen) atoms. The lowest BCUT2D eigenvalue weighted by Gasteiger charge is -2.15. The number of benzene rings is 2. The van der Waals surface area contributed by atoms with Crippen LogP contribution < -0.4 is 0 Å². The molecule has 3 rings (SSSR count). The van der Waals surface area contributed by atoms with Gasteiger partial charge in [-0.2, -0.15) is 0 Å². The zero-order valence-electron chi connectivity index (χ0n) is 11.1. The van der Waals surface area contributed by atoms with Crippen molar-refractivity contribution >= 4 is 10.9 Å². The van der Waals surface area contributed by atoms with Crippen LogP contribution in [0.4, 0.5) is 4.39 Å². The summed E-state index contributed by atoms with van der Waals surface area (Å²) in [5.41, 5.74) is 3.66. The fourth-order valence-corrected chi connectivity index (χ4v) is 2.67. The SMILES string of the molecule is CC(c1ccc(F)cc1)c1cccc2ccn(C)c12. The van der Waals surface area contributed by atoms with Crippen LogP contribution in [0.15, 0.2) is 54.7 Å². The average Bonchev–Trinajstić information content (AvgIpc) is 2.81. The summed E-state index contributed by atoms with van der Waals surface area (Å²) in [6, 6.07) is 15.2. The molecule has 0 aliphatic rings. The number of halogens is 1. The first-order valence-corrected chi connectivity index (χ1v) is 6.46. The minimum Gasteiger partial charge on any atom is -0.350 e. The standard InChI is InChI=1S/C17H16FN/c1-12(13-6-8-15(18)9-7-13)16-5-3-4-14-10-11-19(2)17(14)16/h3-12H,1-2H3. The van der Waals surface area contributed by atoms with Gasteiger partial charge in [0.25, 0.3) is 0 Å². The average molecular weight is 253 g/mol. The van der Waals surface area contributed by atoms with Crippen molar-refractivity contribution in [1.82, 2.24) is 4.57 Å². The van der Waals surface area contributed by atoms with Gasteiger partial charge in [0.15, 0.2) is 0 Å². The van der Waals surface area contributed by atoms with E-state index in [0.717, 1.165) is 5.56 Å². The Bertz CT molecular complexity index is 710. The third-order valence-electron chi connectivity index (χ3n) is 3.77. The van der Waals surface area contributed by atoms with Gasteiger partial charge in [-0.15, -0.1) is 0 Å². The van der Waals surface area contributed by atoms with E-state index in [1.165, 1.54) is 28.6 Å². The molecule has 0 bridgehead atoms. The first kappa shape index (κ1) is 12.0. The van der Waals surface area contributed by atoms with Crippen molar-refractivity contribution in [2.75, 3.05) is 0 Å². The van der Waals surface area contributed by atoms with E-state index in [2.05, 4.69) is 49.0 Å². The summed E-state index contributed by atoms with van der Waals surface area (Å²) < 4.78 is 15.2. The number of hydrogen-bond donors (Lipinski definition) is 0. The largest absolute Gasteiger partial charge is 0.350 e. The molecule has 1 unspecified atom stereocenters. The highest BCUT2D eigenvalue weighted by atomic mass is 19.1. The minimum absolute atomic E-state index is 0.187. The number of aryl methyl sites for hydroxylation is 1. The van der Waals surface area contributed by atoms with E-state index in [-0.39, 0.29) is 11.7 Å². The zero-order chi connectivity index (χ0) is 13.4. The van der Waals surface area contributed by atoms with Crippen LogP contribution in [0.1, 0.15) is 24.0 Å². The van der Waals surface area contributed by atoms with Crippen LogP contribution in [0, 0.1) is 5.82 Å². The molecule has 1 heterocycles. The molecule has 2 aromatic carbocycles. The van der Waals surface area contributed by atoms with Crippen LogP contribution in [0.5, 0.6) is 0 Å². The summed E-state index contributed by atoms with van der Waals surface area (Å²) in [6.45, 7) is 2.16. The van der Waals surface area contributed by atoms with Crippen molar-refractivity contribution in [3.63, 3.8) is 0 Å². The summed E-state index contributed by atoms with van der Waals surface area (Å²) in [6.07, 6.45) is 2.07. The predicted octanol–water partition coefficient (Wildman–Crippen LogP) is 4.47. The Hall–Kier alpha value is -2.09. The topological polar surface area (TPSA) is 4.93 Å². The number of fused-ring (bicyclic) bond motifs is 1. The quantitative estimate of drug-likeness (QED) is 0.635. The normalized spacial score (nSPS) is 12.8. The second-order valence-corrected chi connectivity index (χ2v) is 4.98. The Morgan fingerprint density at radius 1 is 1.00 bits per heavy atom. The summed E-state index contributed by atoms with van der Waals surface area (Å²) in [7, 11) is 2.06. The Kier molecular flexibility index (Phi) is 2.86. The van der Waals surface area contributed by atoms with Gasteiger partial charge in [0, 0.05) is 19.2 Å². The highest BCUT2D eigenvalue weighted by Crippen LogP contribution is 2.30. The number of para-hydroxylation sites is 1. The molecule has 0 aliphatic carbocycles. The van der Waals surface area contributed by atoms with Crippen LogP contribution >= 0.6 is 0 Å². The smallest absolute Gasteiger partial charge is 0.123 e. The summed E-state index contributed by atoms with van der Waals surface area (Å²) in [5, 5.41) is 1.24. The van der Waals surface area contributed by atoms with Crippen molar-refractivity contribution in [2.24, 2.45) is 7.05 Å². The van der Waals surface area contributed by atoms with E-state index in [0.29, 0.717) is 0 Å². The summed E-state index contributed by atoms with van der Waals surface area (Å²) >= 11 is 0. The zero-order valence-corrected chi connectivity index (χ0v) is 11.1. The number of nitrogens with zero attached hydrogens (tertiary/aromatic N) is 1. The number of aromatic nitrogens is 1. The molecule has 1 atom stereocenters. The van der Waals surface area contributed by atoms with Crippen LogP contribution in [-0.2, 0) is 7.05 Å². The third kappa shape index (κ3) is 2.03.